The average Bonchev–Trinajstić information content (AvgIpc) is 2.95. The van der Waals surface area contributed by atoms with E-state index in [-0.39, 0.29) is 5.91 Å². The molecule has 1 aliphatic heterocycles. The summed E-state index contributed by atoms with van der Waals surface area (Å²) in [4.78, 5) is 15.1. The molecule has 5 heteroatoms. The standard InChI is InChI=1S/C12H17ClN2OS/c1-2-6-15(9-3-5-14-8-9)12(16)11-10(13)4-7-17-11/h4,7,9,14H,2-3,5-6,8H2,1H3. The molecule has 1 amide bonds. The quantitative estimate of drug-likeness (QED) is 0.914. The van der Waals surface area contributed by atoms with Gasteiger partial charge in [-0.05, 0) is 30.8 Å². The highest BCUT2D eigenvalue weighted by Crippen LogP contribution is 2.25. The lowest BCUT2D eigenvalue weighted by molar-refractivity contribution is 0.0697. The summed E-state index contributed by atoms with van der Waals surface area (Å²) in [6.07, 6.45) is 2.01. The zero-order valence-electron chi connectivity index (χ0n) is 9.91. The van der Waals surface area contributed by atoms with E-state index in [2.05, 4.69) is 12.2 Å². The van der Waals surface area contributed by atoms with Crippen LogP contribution in [0.4, 0.5) is 0 Å². The van der Waals surface area contributed by atoms with Crippen LogP contribution in [0.25, 0.3) is 0 Å². The maximum Gasteiger partial charge on any atom is 0.265 e. The summed E-state index contributed by atoms with van der Waals surface area (Å²) in [5.41, 5.74) is 0. The van der Waals surface area contributed by atoms with E-state index in [0.29, 0.717) is 15.9 Å². The molecule has 1 N–H and O–H groups in total. The van der Waals surface area contributed by atoms with E-state index in [1.807, 2.05) is 10.3 Å². The van der Waals surface area contributed by atoms with E-state index < -0.39 is 0 Å². The number of amides is 1. The predicted molar refractivity (Wildman–Crippen MR) is 71.9 cm³/mol. The van der Waals surface area contributed by atoms with Gasteiger partial charge in [0.1, 0.15) is 4.88 Å². The van der Waals surface area contributed by atoms with E-state index in [9.17, 15) is 4.79 Å². The van der Waals surface area contributed by atoms with Gasteiger partial charge in [-0.3, -0.25) is 4.79 Å². The van der Waals surface area contributed by atoms with Crippen LogP contribution in [0.3, 0.4) is 0 Å². The summed E-state index contributed by atoms with van der Waals surface area (Å²) in [6.45, 7) is 4.79. The van der Waals surface area contributed by atoms with Crippen molar-refractivity contribution in [2.45, 2.75) is 25.8 Å². The lowest BCUT2D eigenvalue weighted by atomic mass is 10.2. The third kappa shape index (κ3) is 2.81. The summed E-state index contributed by atoms with van der Waals surface area (Å²) in [5, 5.41) is 5.75. The number of nitrogens with one attached hydrogen (secondary N) is 1. The molecule has 3 nitrogen and oxygen atoms in total. The second-order valence-corrected chi connectivity index (χ2v) is 5.57. The van der Waals surface area contributed by atoms with Crippen LogP contribution in [0.2, 0.25) is 5.02 Å². The summed E-state index contributed by atoms with van der Waals surface area (Å²) >= 11 is 7.46. The number of hydrogen-bond donors (Lipinski definition) is 1. The fraction of sp³-hybridized carbons (Fsp3) is 0.583. The van der Waals surface area contributed by atoms with Crippen molar-refractivity contribution in [3.05, 3.63) is 21.3 Å². The highest BCUT2D eigenvalue weighted by molar-refractivity contribution is 7.12. The molecule has 1 aliphatic rings. The molecular weight excluding hydrogens is 256 g/mol. The van der Waals surface area contributed by atoms with Crippen LogP contribution in [0, 0.1) is 0 Å². The van der Waals surface area contributed by atoms with E-state index >= 15 is 0 Å². The first-order valence-electron chi connectivity index (χ1n) is 5.98. The van der Waals surface area contributed by atoms with Gasteiger partial charge in [0, 0.05) is 19.1 Å². The molecule has 1 fully saturated rings. The topological polar surface area (TPSA) is 32.3 Å². The zero-order chi connectivity index (χ0) is 12.3. The molecule has 1 unspecified atom stereocenters. The number of halogens is 1. The molecule has 0 bridgehead atoms. The largest absolute Gasteiger partial charge is 0.334 e. The molecule has 94 valence electrons. The molecule has 1 saturated heterocycles. The number of carbonyl (C=O) groups is 1. The molecular formula is C12H17ClN2OS. The summed E-state index contributed by atoms with van der Waals surface area (Å²) in [5.74, 6) is 0.0838. The van der Waals surface area contributed by atoms with Crippen LogP contribution in [-0.2, 0) is 0 Å². The van der Waals surface area contributed by atoms with Gasteiger partial charge in [0.05, 0.1) is 5.02 Å². The second-order valence-electron chi connectivity index (χ2n) is 4.24. The Kier molecular flexibility index (Phi) is 4.42. The van der Waals surface area contributed by atoms with Crippen LogP contribution < -0.4 is 5.32 Å². The smallest absolute Gasteiger partial charge is 0.265 e. The van der Waals surface area contributed by atoms with Crippen molar-refractivity contribution in [2.75, 3.05) is 19.6 Å². The van der Waals surface area contributed by atoms with E-state index in [4.69, 9.17) is 11.6 Å². The first-order chi connectivity index (χ1) is 8.24. The molecule has 17 heavy (non-hydrogen) atoms. The van der Waals surface area contributed by atoms with E-state index in [1.54, 1.807) is 6.07 Å². The van der Waals surface area contributed by atoms with Crippen LogP contribution >= 0.6 is 22.9 Å². The van der Waals surface area contributed by atoms with Crippen molar-refractivity contribution in [2.24, 2.45) is 0 Å². The van der Waals surface area contributed by atoms with Gasteiger partial charge in [-0.25, -0.2) is 0 Å². The number of carbonyl (C=O) groups excluding carboxylic acids is 1. The van der Waals surface area contributed by atoms with Gasteiger partial charge in [-0.15, -0.1) is 11.3 Å². The molecule has 0 aromatic carbocycles. The van der Waals surface area contributed by atoms with Gasteiger partial charge >= 0.3 is 0 Å². The molecule has 0 radical (unpaired) electrons. The van der Waals surface area contributed by atoms with Crippen molar-refractivity contribution in [3.8, 4) is 0 Å². The van der Waals surface area contributed by atoms with Gasteiger partial charge < -0.3 is 10.2 Å². The van der Waals surface area contributed by atoms with Crippen molar-refractivity contribution in [1.29, 1.82) is 0 Å². The number of rotatable bonds is 4. The minimum absolute atomic E-state index is 0.0838. The Hall–Kier alpha value is -0.580. The Morgan fingerprint density at radius 1 is 1.71 bits per heavy atom. The molecule has 1 aromatic heterocycles. The van der Waals surface area contributed by atoms with Crippen LogP contribution in [0.15, 0.2) is 11.4 Å². The number of thiophene rings is 1. The summed E-state index contributed by atoms with van der Waals surface area (Å²) in [7, 11) is 0. The number of hydrogen-bond acceptors (Lipinski definition) is 3. The molecule has 0 aliphatic carbocycles. The Balaban J connectivity index is 2.15. The van der Waals surface area contributed by atoms with Crippen molar-refractivity contribution >= 4 is 28.8 Å². The summed E-state index contributed by atoms with van der Waals surface area (Å²) in [6, 6.07) is 2.11. The fourth-order valence-electron chi connectivity index (χ4n) is 2.17. The number of nitrogens with zero attached hydrogens (tertiary/aromatic N) is 1. The second kappa shape index (κ2) is 5.85. The zero-order valence-corrected chi connectivity index (χ0v) is 11.5. The Morgan fingerprint density at radius 2 is 2.53 bits per heavy atom. The highest BCUT2D eigenvalue weighted by Gasteiger charge is 2.28. The lowest BCUT2D eigenvalue weighted by Gasteiger charge is -2.27. The first-order valence-corrected chi connectivity index (χ1v) is 7.24. The maximum absolute atomic E-state index is 12.4. The molecule has 0 spiro atoms. The molecule has 2 rings (SSSR count). The van der Waals surface area contributed by atoms with Gasteiger partial charge in [0.15, 0.2) is 0 Å². The SMILES string of the molecule is CCCN(C(=O)c1sccc1Cl)C1CCNC1. The average molecular weight is 273 g/mol. The molecule has 0 saturated carbocycles. The normalized spacial score (nSPS) is 19.5. The van der Waals surface area contributed by atoms with Crippen LogP contribution in [0.1, 0.15) is 29.4 Å². The third-order valence-corrected chi connectivity index (χ3v) is 4.34. The van der Waals surface area contributed by atoms with Crippen molar-refractivity contribution < 1.29 is 4.79 Å². The fourth-order valence-corrected chi connectivity index (χ4v) is 3.26. The maximum atomic E-state index is 12.4. The Bertz CT molecular complexity index is 388. The minimum atomic E-state index is 0.0838. The van der Waals surface area contributed by atoms with Crippen molar-refractivity contribution in [1.82, 2.24) is 10.2 Å². The van der Waals surface area contributed by atoms with Gasteiger partial charge in [-0.2, -0.15) is 0 Å². The highest BCUT2D eigenvalue weighted by atomic mass is 35.5. The van der Waals surface area contributed by atoms with E-state index in [1.165, 1.54) is 11.3 Å². The van der Waals surface area contributed by atoms with Gasteiger partial charge in [0.2, 0.25) is 0 Å². The lowest BCUT2D eigenvalue weighted by Crippen LogP contribution is -2.41. The first kappa shape index (κ1) is 12.9. The van der Waals surface area contributed by atoms with E-state index in [0.717, 1.165) is 32.5 Å². The monoisotopic (exact) mass is 272 g/mol. The van der Waals surface area contributed by atoms with Crippen LogP contribution in [0.5, 0.6) is 0 Å². The summed E-state index contributed by atoms with van der Waals surface area (Å²) < 4.78 is 0. The predicted octanol–water partition coefficient (Wildman–Crippen LogP) is 2.62. The van der Waals surface area contributed by atoms with Gasteiger partial charge in [-0.1, -0.05) is 18.5 Å². The van der Waals surface area contributed by atoms with Crippen LogP contribution in [-0.4, -0.2) is 36.5 Å². The Labute approximate surface area is 111 Å². The molecule has 2 heterocycles. The van der Waals surface area contributed by atoms with Crippen molar-refractivity contribution in [3.63, 3.8) is 0 Å². The third-order valence-electron chi connectivity index (χ3n) is 3.01. The van der Waals surface area contributed by atoms with Gasteiger partial charge in [0.25, 0.3) is 5.91 Å². The molecule has 1 atom stereocenters. The molecule has 1 aromatic rings. The minimum Gasteiger partial charge on any atom is -0.334 e. The Morgan fingerprint density at radius 3 is 3.06 bits per heavy atom.